The third-order valence-electron chi connectivity index (χ3n) is 4.14. The molecule has 1 aliphatic heterocycles. The Bertz CT molecular complexity index is 866. The van der Waals surface area contributed by atoms with Gasteiger partial charge in [-0.1, -0.05) is 6.07 Å². The molecule has 0 aromatic carbocycles. The minimum Gasteiger partial charge on any atom is -0.314 e. The highest BCUT2D eigenvalue weighted by Gasteiger charge is 2.24. The van der Waals surface area contributed by atoms with E-state index in [0.29, 0.717) is 11.2 Å². The van der Waals surface area contributed by atoms with Crippen molar-refractivity contribution in [2.24, 2.45) is 0 Å². The van der Waals surface area contributed by atoms with E-state index < -0.39 is 0 Å². The van der Waals surface area contributed by atoms with Crippen molar-refractivity contribution in [1.29, 1.82) is 0 Å². The molecule has 1 atom stereocenters. The summed E-state index contributed by atoms with van der Waals surface area (Å²) in [5, 5.41) is 5.33. The number of aromatic amines is 1. The molecule has 0 bridgehead atoms. The molecule has 0 saturated carbocycles. The number of fused-ring (bicyclic) bond motifs is 1. The van der Waals surface area contributed by atoms with Crippen LogP contribution in [0.4, 0.5) is 0 Å². The molecular formula is C16H18ClN5OS. The summed E-state index contributed by atoms with van der Waals surface area (Å²) in [5.41, 5.74) is 1.91. The predicted octanol–water partition coefficient (Wildman–Crippen LogP) is 1.95. The van der Waals surface area contributed by atoms with E-state index in [9.17, 15) is 4.79 Å². The van der Waals surface area contributed by atoms with Crippen LogP contribution in [0.25, 0.3) is 10.2 Å². The van der Waals surface area contributed by atoms with Gasteiger partial charge in [-0.25, -0.2) is 4.98 Å². The maximum absolute atomic E-state index is 12.1. The first-order chi connectivity index (χ1) is 11.3. The average Bonchev–Trinajstić information content (AvgIpc) is 3.05. The van der Waals surface area contributed by atoms with Gasteiger partial charge in [0.2, 0.25) is 0 Å². The molecule has 0 radical (unpaired) electrons. The Balaban J connectivity index is 0.00000169. The quantitative estimate of drug-likeness (QED) is 0.744. The molecule has 0 spiro atoms. The van der Waals surface area contributed by atoms with Crippen LogP contribution < -0.4 is 10.9 Å². The van der Waals surface area contributed by atoms with Crippen molar-refractivity contribution in [3.63, 3.8) is 0 Å². The van der Waals surface area contributed by atoms with Crippen LogP contribution in [-0.2, 0) is 6.54 Å². The number of rotatable bonds is 3. The molecule has 6 nitrogen and oxygen atoms in total. The van der Waals surface area contributed by atoms with Gasteiger partial charge in [-0.05, 0) is 23.1 Å². The second-order valence-electron chi connectivity index (χ2n) is 5.62. The van der Waals surface area contributed by atoms with Crippen LogP contribution in [0, 0.1) is 0 Å². The van der Waals surface area contributed by atoms with Gasteiger partial charge < -0.3 is 10.3 Å². The van der Waals surface area contributed by atoms with Crippen molar-refractivity contribution >= 4 is 34.0 Å². The molecule has 3 aromatic heterocycles. The molecule has 0 aliphatic carbocycles. The maximum atomic E-state index is 12.1. The standard InChI is InChI=1S/C16H17N5OS.ClH/c22-16-15-12(3-7-23-15)19-14(20-16)10-21-6-5-18-9-13(21)11-2-1-4-17-8-11;/h1-4,7-8,13,18H,5-6,9-10H2,(H,19,20,22);1H. The number of nitrogens with zero attached hydrogens (tertiary/aromatic N) is 3. The van der Waals surface area contributed by atoms with Crippen LogP contribution in [0.1, 0.15) is 17.4 Å². The molecule has 4 heterocycles. The zero-order valence-corrected chi connectivity index (χ0v) is 14.6. The average molecular weight is 364 g/mol. The highest BCUT2D eigenvalue weighted by molar-refractivity contribution is 7.17. The van der Waals surface area contributed by atoms with E-state index in [-0.39, 0.29) is 24.0 Å². The fraction of sp³-hybridized carbons (Fsp3) is 0.312. The second kappa shape index (κ2) is 7.40. The number of thiophene rings is 1. The number of hydrogen-bond acceptors (Lipinski definition) is 6. The number of piperazine rings is 1. The van der Waals surface area contributed by atoms with E-state index in [1.807, 2.05) is 23.7 Å². The lowest BCUT2D eigenvalue weighted by molar-refractivity contribution is 0.149. The zero-order chi connectivity index (χ0) is 15.6. The van der Waals surface area contributed by atoms with E-state index in [1.54, 1.807) is 6.20 Å². The van der Waals surface area contributed by atoms with Crippen LogP contribution in [0.3, 0.4) is 0 Å². The number of H-pyrrole nitrogens is 1. The number of aromatic nitrogens is 3. The summed E-state index contributed by atoms with van der Waals surface area (Å²) in [6.07, 6.45) is 3.69. The zero-order valence-electron chi connectivity index (χ0n) is 12.9. The third kappa shape index (κ3) is 3.34. The van der Waals surface area contributed by atoms with E-state index in [0.717, 1.165) is 31.0 Å². The van der Waals surface area contributed by atoms with Gasteiger partial charge in [-0.2, -0.15) is 0 Å². The van der Waals surface area contributed by atoms with Crippen LogP contribution in [-0.4, -0.2) is 39.5 Å². The van der Waals surface area contributed by atoms with Crippen molar-refractivity contribution in [1.82, 2.24) is 25.2 Å². The summed E-state index contributed by atoms with van der Waals surface area (Å²) < 4.78 is 0.692. The summed E-state index contributed by atoms with van der Waals surface area (Å²) in [6.45, 7) is 3.34. The first kappa shape index (κ1) is 17.0. The summed E-state index contributed by atoms with van der Waals surface area (Å²) in [5.74, 6) is 0.719. The minimum atomic E-state index is -0.0481. The lowest BCUT2D eigenvalue weighted by atomic mass is 10.1. The second-order valence-corrected chi connectivity index (χ2v) is 6.54. The molecule has 3 aromatic rings. The number of halogens is 1. The fourth-order valence-electron chi connectivity index (χ4n) is 3.03. The predicted molar refractivity (Wildman–Crippen MR) is 97.7 cm³/mol. The highest BCUT2D eigenvalue weighted by Crippen LogP contribution is 2.23. The lowest BCUT2D eigenvalue weighted by Crippen LogP contribution is -2.45. The third-order valence-corrected chi connectivity index (χ3v) is 5.04. The summed E-state index contributed by atoms with van der Waals surface area (Å²) in [7, 11) is 0. The van der Waals surface area contributed by atoms with E-state index in [2.05, 4.69) is 31.2 Å². The van der Waals surface area contributed by atoms with Gasteiger partial charge in [0.25, 0.3) is 5.56 Å². The summed E-state index contributed by atoms with van der Waals surface area (Å²) in [4.78, 5) is 26.2. The number of hydrogen-bond donors (Lipinski definition) is 2. The largest absolute Gasteiger partial charge is 0.314 e. The molecular weight excluding hydrogens is 346 g/mol. The molecule has 8 heteroatoms. The first-order valence-electron chi connectivity index (χ1n) is 7.62. The van der Waals surface area contributed by atoms with Crippen LogP contribution in [0.2, 0.25) is 0 Å². The van der Waals surface area contributed by atoms with Gasteiger partial charge in [0, 0.05) is 38.1 Å². The Morgan fingerprint density at radius 3 is 3.12 bits per heavy atom. The van der Waals surface area contributed by atoms with Gasteiger partial charge in [-0.15, -0.1) is 23.7 Å². The van der Waals surface area contributed by atoms with Gasteiger partial charge in [0.05, 0.1) is 12.1 Å². The maximum Gasteiger partial charge on any atom is 0.268 e. The first-order valence-corrected chi connectivity index (χ1v) is 8.50. The SMILES string of the molecule is Cl.O=c1[nH]c(CN2CCNCC2c2cccnc2)nc2ccsc12. The fourth-order valence-corrected chi connectivity index (χ4v) is 3.75. The number of pyridine rings is 1. The smallest absolute Gasteiger partial charge is 0.268 e. The Morgan fingerprint density at radius 1 is 1.38 bits per heavy atom. The number of nitrogens with one attached hydrogen (secondary N) is 2. The van der Waals surface area contributed by atoms with Crippen LogP contribution >= 0.6 is 23.7 Å². The van der Waals surface area contributed by atoms with Crippen molar-refractivity contribution in [3.05, 3.63) is 57.7 Å². The van der Waals surface area contributed by atoms with Crippen LogP contribution in [0.15, 0.2) is 40.8 Å². The van der Waals surface area contributed by atoms with Crippen molar-refractivity contribution < 1.29 is 0 Å². The van der Waals surface area contributed by atoms with Crippen molar-refractivity contribution in [2.75, 3.05) is 19.6 Å². The topological polar surface area (TPSA) is 73.9 Å². The summed E-state index contributed by atoms with van der Waals surface area (Å²) in [6, 6.07) is 6.19. The Kier molecular flexibility index (Phi) is 5.25. The monoisotopic (exact) mass is 363 g/mol. The molecule has 4 rings (SSSR count). The van der Waals surface area contributed by atoms with Crippen LogP contribution in [0.5, 0.6) is 0 Å². The lowest BCUT2D eigenvalue weighted by Gasteiger charge is -2.35. The van der Waals surface area contributed by atoms with E-state index in [4.69, 9.17) is 0 Å². The molecule has 1 fully saturated rings. The van der Waals surface area contributed by atoms with Crippen molar-refractivity contribution in [2.45, 2.75) is 12.6 Å². The Morgan fingerprint density at radius 2 is 2.29 bits per heavy atom. The van der Waals surface area contributed by atoms with E-state index >= 15 is 0 Å². The molecule has 126 valence electrons. The molecule has 1 unspecified atom stereocenters. The Hall–Kier alpha value is -1.80. The molecule has 24 heavy (non-hydrogen) atoms. The molecule has 1 aliphatic rings. The van der Waals surface area contributed by atoms with Gasteiger partial charge in [-0.3, -0.25) is 14.7 Å². The minimum absolute atomic E-state index is 0. The Labute approximate surface area is 149 Å². The molecule has 0 amide bonds. The van der Waals surface area contributed by atoms with Gasteiger partial charge >= 0.3 is 0 Å². The molecule has 2 N–H and O–H groups in total. The van der Waals surface area contributed by atoms with Gasteiger partial charge in [0.1, 0.15) is 10.5 Å². The summed E-state index contributed by atoms with van der Waals surface area (Å²) >= 11 is 1.43. The highest BCUT2D eigenvalue weighted by atomic mass is 35.5. The van der Waals surface area contributed by atoms with Gasteiger partial charge in [0.15, 0.2) is 0 Å². The van der Waals surface area contributed by atoms with Crippen molar-refractivity contribution in [3.8, 4) is 0 Å². The normalized spacial score (nSPS) is 18.4. The molecule has 1 saturated heterocycles. The van der Waals surface area contributed by atoms with E-state index in [1.165, 1.54) is 16.9 Å².